The van der Waals surface area contributed by atoms with Crippen molar-refractivity contribution in [1.82, 2.24) is 20.2 Å². The lowest BCUT2D eigenvalue weighted by Gasteiger charge is -2.03. The van der Waals surface area contributed by atoms with Crippen LogP contribution in [0.2, 0.25) is 0 Å². The number of benzene rings is 1. The molecule has 0 atom stereocenters. The number of hydrogen-bond acceptors (Lipinski definition) is 8. The van der Waals surface area contributed by atoms with Gasteiger partial charge in [0.15, 0.2) is 8.68 Å². The molecule has 0 aliphatic carbocycles. The number of thioether (sulfide) groups is 1. The van der Waals surface area contributed by atoms with Crippen LogP contribution < -0.4 is 0 Å². The average Bonchev–Trinajstić information content (AvgIpc) is 3.24. The molecule has 0 radical (unpaired) electrons. The maximum Gasteiger partial charge on any atom is 0.181 e. The highest BCUT2D eigenvalue weighted by molar-refractivity contribution is 8.03. The molecule has 3 aromatic heterocycles. The van der Waals surface area contributed by atoms with Crippen molar-refractivity contribution in [3.8, 4) is 11.1 Å². The van der Waals surface area contributed by atoms with Gasteiger partial charge in [-0.2, -0.15) is 0 Å². The van der Waals surface area contributed by atoms with Gasteiger partial charge in [-0.25, -0.2) is 9.97 Å². The minimum Gasteiger partial charge on any atom is -0.229 e. The molecule has 0 saturated carbocycles. The van der Waals surface area contributed by atoms with Crippen molar-refractivity contribution >= 4 is 56.4 Å². The van der Waals surface area contributed by atoms with Gasteiger partial charge in [0.2, 0.25) is 0 Å². The van der Waals surface area contributed by atoms with Crippen LogP contribution in [-0.4, -0.2) is 25.9 Å². The van der Waals surface area contributed by atoms with Crippen molar-refractivity contribution in [2.75, 3.05) is 5.75 Å². The quantitative estimate of drug-likeness (QED) is 0.334. The van der Waals surface area contributed by atoms with E-state index in [1.54, 1.807) is 52.5 Å². The zero-order valence-electron chi connectivity index (χ0n) is 12.7. The van der Waals surface area contributed by atoms with E-state index < -0.39 is 0 Å². The van der Waals surface area contributed by atoms with Crippen LogP contribution in [0.5, 0.6) is 0 Å². The van der Waals surface area contributed by atoms with Crippen molar-refractivity contribution in [2.24, 2.45) is 0 Å². The fraction of sp³-hybridized carbons (Fsp3) is 0.125. The van der Waals surface area contributed by atoms with Crippen LogP contribution in [0.25, 0.3) is 21.3 Å². The summed E-state index contributed by atoms with van der Waals surface area (Å²) in [5, 5.41) is 12.7. The van der Waals surface area contributed by atoms with Crippen molar-refractivity contribution < 1.29 is 0 Å². The second-order valence-corrected chi connectivity index (χ2v) is 9.33. The zero-order valence-corrected chi connectivity index (χ0v) is 15.9. The number of fused-ring (bicyclic) bond motifs is 1. The third-order valence-electron chi connectivity index (χ3n) is 3.26. The van der Waals surface area contributed by atoms with Gasteiger partial charge < -0.3 is 0 Å². The van der Waals surface area contributed by atoms with Gasteiger partial charge in [0, 0.05) is 10.9 Å². The van der Waals surface area contributed by atoms with Crippen LogP contribution in [0.4, 0.5) is 0 Å². The summed E-state index contributed by atoms with van der Waals surface area (Å²) < 4.78 is 1.91. The van der Waals surface area contributed by atoms with Gasteiger partial charge in [-0.3, -0.25) is 0 Å². The van der Waals surface area contributed by atoms with Crippen LogP contribution in [0.3, 0.4) is 0 Å². The molecular formula is C16H12N4S4. The van der Waals surface area contributed by atoms with Crippen LogP contribution in [0.15, 0.2) is 55.7 Å². The minimum absolute atomic E-state index is 0.913. The maximum atomic E-state index is 4.51. The van der Waals surface area contributed by atoms with E-state index in [2.05, 4.69) is 56.7 Å². The first-order valence-corrected chi connectivity index (χ1v) is 10.8. The Bertz CT molecular complexity index is 965. The van der Waals surface area contributed by atoms with Gasteiger partial charge in [0.1, 0.15) is 16.2 Å². The van der Waals surface area contributed by atoms with E-state index in [1.165, 1.54) is 11.1 Å². The fourth-order valence-electron chi connectivity index (χ4n) is 2.26. The maximum absolute atomic E-state index is 4.51. The van der Waals surface area contributed by atoms with Crippen LogP contribution in [0.1, 0.15) is 6.92 Å². The Labute approximate surface area is 155 Å². The first-order chi connectivity index (χ1) is 11.8. The molecule has 4 aromatic rings. The molecule has 3 heterocycles. The van der Waals surface area contributed by atoms with E-state index in [1.807, 2.05) is 6.07 Å². The summed E-state index contributed by atoms with van der Waals surface area (Å²) >= 11 is 6.53. The number of nitrogens with zero attached hydrogens (tertiary/aromatic N) is 4. The third-order valence-corrected chi connectivity index (χ3v) is 7.14. The summed E-state index contributed by atoms with van der Waals surface area (Å²) in [6.07, 6.45) is 1.62. The number of thiophene rings is 1. The second kappa shape index (κ2) is 7.18. The Kier molecular flexibility index (Phi) is 4.79. The summed E-state index contributed by atoms with van der Waals surface area (Å²) in [7, 11) is 0. The average molecular weight is 389 g/mol. The Morgan fingerprint density at radius 1 is 1.04 bits per heavy atom. The molecule has 0 N–H and O–H groups in total. The predicted molar refractivity (Wildman–Crippen MR) is 103 cm³/mol. The number of rotatable bonds is 5. The summed E-state index contributed by atoms with van der Waals surface area (Å²) in [5.74, 6) is 1.000. The molecule has 0 saturated heterocycles. The summed E-state index contributed by atoms with van der Waals surface area (Å²) in [6, 6.07) is 10.4. The van der Waals surface area contributed by atoms with Gasteiger partial charge in [0.05, 0.1) is 5.39 Å². The molecular weight excluding hydrogens is 376 g/mol. The molecule has 4 rings (SSSR count). The smallest absolute Gasteiger partial charge is 0.181 e. The Balaban J connectivity index is 1.76. The van der Waals surface area contributed by atoms with Crippen molar-refractivity contribution in [1.29, 1.82) is 0 Å². The van der Waals surface area contributed by atoms with E-state index in [-0.39, 0.29) is 0 Å². The molecule has 0 spiro atoms. The SMILES string of the molecule is CCSc1nnc(Sc2ncnc3scc(-c4ccccc4)c23)s1. The lowest BCUT2D eigenvalue weighted by molar-refractivity contribution is 0.953. The molecule has 8 heteroatoms. The second-order valence-electron chi connectivity index (χ2n) is 4.74. The Hall–Kier alpha value is -1.48. The van der Waals surface area contributed by atoms with Crippen molar-refractivity contribution in [3.05, 3.63) is 42.0 Å². The molecule has 1 aromatic carbocycles. The standard InChI is InChI=1S/C16H12N4S4/c1-2-21-15-19-20-16(24-15)23-14-12-11(10-6-4-3-5-7-10)8-22-13(12)17-9-18-14/h3-9H,2H2,1H3. The highest BCUT2D eigenvalue weighted by atomic mass is 32.2. The largest absolute Gasteiger partial charge is 0.229 e. The van der Waals surface area contributed by atoms with Crippen LogP contribution >= 0.6 is 46.2 Å². The zero-order chi connectivity index (χ0) is 16.4. The molecule has 0 fully saturated rings. The topological polar surface area (TPSA) is 51.6 Å². The highest BCUT2D eigenvalue weighted by Crippen LogP contribution is 2.41. The minimum atomic E-state index is 0.913. The first-order valence-electron chi connectivity index (χ1n) is 7.27. The Morgan fingerprint density at radius 3 is 2.71 bits per heavy atom. The molecule has 0 amide bonds. The number of aromatic nitrogens is 4. The monoisotopic (exact) mass is 388 g/mol. The molecule has 0 aliphatic heterocycles. The van der Waals surface area contributed by atoms with Gasteiger partial charge >= 0.3 is 0 Å². The van der Waals surface area contributed by atoms with Crippen LogP contribution in [0, 0.1) is 0 Å². The number of hydrogen-bond donors (Lipinski definition) is 0. The lowest BCUT2D eigenvalue weighted by atomic mass is 10.1. The predicted octanol–water partition coefficient (Wildman–Crippen LogP) is 5.47. The van der Waals surface area contributed by atoms with E-state index >= 15 is 0 Å². The van der Waals surface area contributed by atoms with E-state index in [9.17, 15) is 0 Å². The molecule has 0 bridgehead atoms. The summed E-state index contributed by atoms with van der Waals surface area (Å²) in [6.45, 7) is 2.12. The van der Waals surface area contributed by atoms with E-state index in [0.29, 0.717) is 0 Å². The first kappa shape index (κ1) is 16.0. The van der Waals surface area contributed by atoms with Crippen LogP contribution in [-0.2, 0) is 0 Å². The van der Waals surface area contributed by atoms with Gasteiger partial charge in [-0.1, -0.05) is 60.4 Å². The lowest BCUT2D eigenvalue weighted by Crippen LogP contribution is -1.85. The molecule has 24 heavy (non-hydrogen) atoms. The van der Waals surface area contributed by atoms with Crippen molar-refractivity contribution in [2.45, 2.75) is 20.6 Å². The van der Waals surface area contributed by atoms with Gasteiger partial charge in [0.25, 0.3) is 0 Å². The third kappa shape index (κ3) is 3.19. The van der Waals surface area contributed by atoms with E-state index in [4.69, 9.17) is 0 Å². The summed E-state index contributed by atoms with van der Waals surface area (Å²) in [4.78, 5) is 9.93. The van der Waals surface area contributed by atoms with Gasteiger partial charge in [-0.15, -0.1) is 21.5 Å². The molecule has 0 aliphatic rings. The summed E-state index contributed by atoms with van der Waals surface area (Å²) in [5.41, 5.74) is 2.35. The molecule has 0 unspecified atom stereocenters. The normalized spacial score (nSPS) is 11.2. The van der Waals surface area contributed by atoms with E-state index in [0.717, 1.165) is 29.7 Å². The molecule has 120 valence electrons. The van der Waals surface area contributed by atoms with Crippen molar-refractivity contribution in [3.63, 3.8) is 0 Å². The van der Waals surface area contributed by atoms with Gasteiger partial charge in [-0.05, 0) is 23.1 Å². The highest BCUT2D eigenvalue weighted by Gasteiger charge is 2.15. The molecule has 4 nitrogen and oxygen atoms in total. The Morgan fingerprint density at radius 2 is 1.88 bits per heavy atom. The fourth-order valence-corrected chi connectivity index (χ4v) is 6.18.